The average molecular weight is 281 g/mol. The highest BCUT2D eigenvalue weighted by Crippen LogP contribution is 2.48. The molecule has 0 aromatic carbocycles. The highest BCUT2D eigenvalue weighted by atomic mass is 16.5. The first kappa shape index (κ1) is 14.3. The van der Waals surface area contributed by atoms with Crippen LogP contribution in [0.4, 0.5) is 0 Å². The summed E-state index contributed by atoms with van der Waals surface area (Å²) < 4.78 is 6.30. The Hall–Kier alpha value is -0.610. The lowest BCUT2D eigenvalue weighted by Crippen LogP contribution is -2.42. The van der Waals surface area contributed by atoms with Crippen LogP contribution < -0.4 is 5.73 Å². The highest BCUT2D eigenvalue weighted by molar-refractivity contribution is 5.75. The molecule has 1 spiro atoms. The van der Waals surface area contributed by atoms with E-state index in [0.717, 1.165) is 32.1 Å². The van der Waals surface area contributed by atoms with Crippen LogP contribution in [0.2, 0.25) is 0 Å². The number of hydrogen-bond donors (Lipinski definition) is 2. The number of carbonyl (C=O) groups is 1. The van der Waals surface area contributed by atoms with Crippen LogP contribution in [0.5, 0.6) is 0 Å². The van der Waals surface area contributed by atoms with Crippen LogP contribution in [0.15, 0.2) is 0 Å². The molecule has 2 saturated carbocycles. The van der Waals surface area contributed by atoms with Crippen LogP contribution >= 0.6 is 0 Å². The van der Waals surface area contributed by atoms with Gasteiger partial charge in [-0.25, -0.2) is 0 Å². The number of rotatable bonds is 6. The quantitative estimate of drug-likeness (QED) is 0.785. The minimum atomic E-state index is -0.754. The molecule has 0 radical (unpaired) electrons. The standard InChI is InChI=1S/C16H27NO3/c17-11-15(14(18)19,9-12-3-4-12)10-13-5-8-16(20-13)6-1-2-7-16/h12-13H,1-11,17H2,(H,18,19). The van der Waals surface area contributed by atoms with Gasteiger partial charge in [-0.05, 0) is 44.4 Å². The summed E-state index contributed by atoms with van der Waals surface area (Å²) in [6.45, 7) is 0.242. The Labute approximate surface area is 121 Å². The molecule has 114 valence electrons. The lowest BCUT2D eigenvalue weighted by atomic mass is 9.77. The van der Waals surface area contributed by atoms with E-state index in [1.165, 1.54) is 25.7 Å². The zero-order valence-electron chi connectivity index (χ0n) is 12.3. The predicted octanol–water partition coefficient (Wildman–Crippen LogP) is 2.70. The molecule has 0 aromatic rings. The molecule has 0 bridgehead atoms. The summed E-state index contributed by atoms with van der Waals surface area (Å²) in [5, 5.41) is 9.68. The normalized spacial score (nSPS) is 31.6. The van der Waals surface area contributed by atoms with Gasteiger partial charge >= 0.3 is 5.97 Å². The van der Waals surface area contributed by atoms with E-state index < -0.39 is 11.4 Å². The molecule has 0 amide bonds. The van der Waals surface area contributed by atoms with Crippen LogP contribution in [0.3, 0.4) is 0 Å². The first-order valence-electron chi connectivity index (χ1n) is 8.19. The van der Waals surface area contributed by atoms with Crippen molar-refractivity contribution in [2.45, 2.75) is 75.9 Å². The Morgan fingerprint density at radius 3 is 2.45 bits per heavy atom. The van der Waals surface area contributed by atoms with E-state index in [-0.39, 0.29) is 18.2 Å². The van der Waals surface area contributed by atoms with Crippen molar-refractivity contribution in [3.8, 4) is 0 Å². The third-order valence-electron chi connectivity index (χ3n) is 5.69. The summed E-state index contributed by atoms with van der Waals surface area (Å²) in [7, 11) is 0. The third kappa shape index (κ3) is 2.73. The lowest BCUT2D eigenvalue weighted by Gasteiger charge is -2.32. The van der Waals surface area contributed by atoms with Gasteiger partial charge in [-0.3, -0.25) is 4.79 Å². The maximum atomic E-state index is 11.8. The van der Waals surface area contributed by atoms with E-state index >= 15 is 0 Å². The summed E-state index contributed by atoms with van der Waals surface area (Å²) in [5.74, 6) is -0.139. The Bertz CT molecular complexity index is 374. The number of carboxylic acid groups (broad SMARTS) is 1. The molecular weight excluding hydrogens is 254 g/mol. The van der Waals surface area contributed by atoms with Gasteiger partial charge in [0, 0.05) is 6.54 Å². The molecule has 1 saturated heterocycles. The molecule has 3 rings (SSSR count). The smallest absolute Gasteiger partial charge is 0.311 e. The molecule has 1 heterocycles. The van der Waals surface area contributed by atoms with E-state index in [4.69, 9.17) is 10.5 Å². The molecule has 1 aliphatic heterocycles. The van der Waals surface area contributed by atoms with E-state index in [1.807, 2.05) is 0 Å². The topological polar surface area (TPSA) is 72.5 Å². The van der Waals surface area contributed by atoms with Crippen molar-refractivity contribution in [3.05, 3.63) is 0 Å². The summed E-state index contributed by atoms with van der Waals surface area (Å²) in [4.78, 5) is 11.8. The van der Waals surface area contributed by atoms with Crippen molar-refractivity contribution in [1.29, 1.82) is 0 Å². The van der Waals surface area contributed by atoms with Crippen molar-refractivity contribution >= 4 is 5.97 Å². The summed E-state index contributed by atoms with van der Waals surface area (Å²) in [5.41, 5.74) is 5.20. The van der Waals surface area contributed by atoms with Crippen LogP contribution in [0.25, 0.3) is 0 Å². The van der Waals surface area contributed by atoms with Crippen molar-refractivity contribution in [3.63, 3.8) is 0 Å². The monoisotopic (exact) mass is 281 g/mol. The van der Waals surface area contributed by atoms with Crippen molar-refractivity contribution in [1.82, 2.24) is 0 Å². The number of carboxylic acids is 1. The van der Waals surface area contributed by atoms with E-state index in [2.05, 4.69) is 0 Å². The number of aliphatic carboxylic acids is 1. The van der Waals surface area contributed by atoms with Gasteiger partial charge in [-0.15, -0.1) is 0 Å². The first-order chi connectivity index (χ1) is 9.57. The summed E-state index contributed by atoms with van der Waals surface area (Å²) in [6.07, 6.45) is 10.8. The molecular formula is C16H27NO3. The van der Waals surface area contributed by atoms with Gasteiger partial charge in [0.25, 0.3) is 0 Å². The summed E-state index contributed by atoms with van der Waals surface area (Å²) in [6, 6.07) is 0. The minimum absolute atomic E-state index is 0.0864. The van der Waals surface area contributed by atoms with Gasteiger partial charge in [0.1, 0.15) is 0 Å². The fourth-order valence-electron chi connectivity index (χ4n) is 4.25. The molecule has 3 aliphatic rings. The molecule has 0 aromatic heterocycles. The van der Waals surface area contributed by atoms with Crippen molar-refractivity contribution in [2.24, 2.45) is 17.1 Å². The SMILES string of the molecule is NCC(CC1CC1)(CC1CCC2(CCCC2)O1)C(=O)O. The second-order valence-corrected chi connectivity index (χ2v) is 7.31. The third-order valence-corrected chi connectivity index (χ3v) is 5.69. The molecule has 3 fully saturated rings. The molecule has 2 unspecified atom stereocenters. The van der Waals surface area contributed by atoms with E-state index in [9.17, 15) is 9.90 Å². The zero-order valence-corrected chi connectivity index (χ0v) is 12.3. The molecule has 2 atom stereocenters. The average Bonchev–Trinajstić information content (AvgIpc) is 2.98. The highest BCUT2D eigenvalue weighted by Gasteiger charge is 2.48. The largest absolute Gasteiger partial charge is 0.481 e. The number of ether oxygens (including phenoxy) is 1. The second kappa shape index (κ2) is 5.30. The fraction of sp³-hybridized carbons (Fsp3) is 0.938. The molecule has 4 nitrogen and oxygen atoms in total. The van der Waals surface area contributed by atoms with Crippen LogP contribution in [-0.2, 0) is 9.53 Å². The summed E-state index contributed by atoms with van der Waals surface area (Å²) >= 11 is 0. The van der Waals surface area contributed by atoms with Crippen LogP contribution in [0, 0.1) is 11.3 Å². The van der Waals surface area contributed by atoms with Gasteiger partial charge in [0.2, 0.25) is 0 Å². The van der Waals surface area contributed by atoms with Gasteiger partial charge in [-0.1, -0.05) is 25.7 Å². The van der Waals surface area contributed by atoms with Crippen LogP contribution in [-0.4, -0.2) is 29.3 Å². The van der Waals surface area contributed by atoms with Gasteiger partial charge in [0.05, 0.1) is 17.1 Å². The fourth-order valence-corrected chi connectivity index (χ4v) is 4.25. The van der Waals surface area contributed by atoms with E-state index in [0.29, 0.717) is 12.3 Å². The number of hydrogen-bond acceptors (Lipinski definition) is 3. The minimum Gasteiger partial charge on any atom is -0.481 e. The van der Waals surface area contributed by atoms with Gasteiger partial charge in [-0.2, -0.15) is 0 Å². The predicted molar refractivity (Wildman–Crippen MR) is 76.4 cm³/mol. The van der Waals surface area contributed by atoms with Crippen LogP contribution in [0.1, 0.15) is 64.2 Å². The van der Waals surface area contributed by atoms with Crippen molar-refractivity contribution in [2.75, 3.05) is 6.54 Å². The maximum Gasteiger partial charge on any atom is 0.311 e. The van der Waals surface area contributed by atoms with E-state index in [1.54, 1.807) is 0 Å². The Kier molecular flexibility index (Phi) is 3.80. The van der Waals surface area contributed by atoms with Crippen molar-refractivity contribution < 1.29 is 14.6 Å². The number of nitrogens with two attached hydrogens (primary N) is 1. The van der Waals surface area contributed by atoms with Gasteiger partial charge < -0.3 is 15.6 Å². The molecule has 2 aliphatic carbocycles. The Morgan fingerprint density at radius 2 is 1.90 bits per heavy atom. The molecule has 20 heavy (non-hydrogen) atoms. The maximum absolute atomic E-state index is 11.8. The Balaban J connectivity index is 1.65. The molecule has 3 N–H and O–H groups in total. The molecule has 4 heteroatoms. The second-order valence-electron chi connectivity index (χ2n) is 7.31. The Morgan fingerprint density at radius 1 is 1.20 bits per heavy atom. The first-order valence-corrected chi connectivity index (χ1v) is 8.19. The van der Waals surface area contributed by atoms with Gasteiger partial charge in [0.15, 0.2) is 0 Å². The zero-order chi connectivity index (χ0) is 14.2. The lowest BCUT2D eigenvalue weighted by molar-refractivity contribution is -0.153.